The molecule has 1 aliphatic heterocycles. The Bertz CT molecular complexity index is 857. The minimum atomic E-state index is -0.438. The molecule has 7 heteroatoms. The molecule has 0 unspecified atom stereocenters. The zero-order valence-corrected chi connectivity index (χ0v) is 16.5. The van der Waals surface area contributed by atoms with Crippen molar-refractivity contribution < 1.29 is 9.59 Å². The average molecular weight is 442 g/mol. The second-order valence-corrected chi connectivity index (χ2v) is 7.57. The maximum absolute atomic E-state index is 12.5. The summed E-state index contributed by atoms with van der Waals surface area (Å²) in [6.07, 6.45) is 0.143. The monoisotopic (exact) mass is 440 g/mol. The molecule has 2 aromatic rings. The highest BCUT2D eigenvalue weighted by molar-refractivity contribution is 9.10. The van der Waals surface area contributed by atoms with Crippen molar-refractivity contribution in [3.8, 4) is 0 Å². The van der Waals surface area contributed by atoms with Crippen LogP contribution in [-0.2, 0) is 9.59 Å². The van der Waals surface area contributed by atoms with Gasteiger partial charge in [0.1, 0.15) is 0 Å². The second-order valence-electron chi connectivity index (χ2n) is 5.93. The molecule has 1 N–H and O–H groups in total. The van der Waals surface area contributed by atoms with E-state index in [1.54, 1.807) is 18.2 Å². The van der Waals surface area contributed by atoms with Crippen LogP contribution in [0.15, 0.2) is 40.9 Å². The molecule has 0 aliphatic carbocycles. The number of amides is 2. The standard InChI is InChI=1S/C18H15BrCl2N2O2/c1-10-7-12(5-6-13(10)19)22-18(25)11-8-16(24)23(9-11)15-4-2-3-14(20)17(15)21/h2-7,11H,8-9H2,1H3,(H,22,25)/t11-/m1/s1. The van der Waals surface area contributed by atoms with E-state index < -0.39 is 5.92 Å². The maximum atomic E-state index is 12.5. The number of halogens is 3. The summed E-state index contributed by atoms with van der Waals surface area (Å²) in [6.45, 7) is 2.22. The molecular formula is C18H15BrCl2N2O2. The molecule has 0 radical (unpaired) electrons. The first-order valence-corrected chi connectivity index (χ1v) is 9.23. The van der Waals surface area contributed by atoms with Crippen molar-refractivity contribution in [2.45, 2.75) is 13.3 Å². The van der Waals surface area contributed by atoms with Gasteiger partial charge in [0.05, 0.1) is 21.7 Å². The van der Waals surface area contributed by atoms with Crippen molar-refractivity contribution >= 4 is 62.3 Å². The fourth-order valence-electron chi connectivity index (χ4n) is 2.78. The lowest BCUT2D eigenvalue weighted by Crippen LogP contribution is -2.28. The molecule has 3 rings (SSSR count). The van der Waals surface area contributed by atoms with E-state index in [0.717, 1.165) is 10.0 Å². The average Bonchev–Trinajstić information content (AvgIpc) is 2.95. The van der Waals surface area contributed by atoms with Crippen LogP contribution in [0.1, 0.15) is 12.0 Å². The zero-order chi connectivity index (χ0) is 18.1. The third-order valence-electron chi connectivity index (χ3n) is 4.14. The predicted molar refractivity (Wildman–Crippen MR) is 104 cm³/mol. The molecule has 25 heavy (non-hydrogen) atoms. The van der Waals surface area contributed by atoms with Gasteiger partial charge in [-0.25, -0.2) is 0 Å². The quantitative estimate of drug-likeness (QED) is 0.723. The van der Waals surface area contributed by atoms with Gasteiger partial charge in [0.15, 0.2) is 0 Å². The molecule has 0 saturated carbocycles. The lowest BCUT2D eigenvalue weighted by Gasteiger charge is -2.18. The fraction of sp³-hybridized carbons (Fsp3) is 0.222. The van der Waals surface area contributed by atoms with Gasteiger partial charge < -0.3 is 10.2 Å². The highest BCUT2D eigenvalue weighted by Gasteiger charge is 2.36. The molecule has 0 bridgehead atoms. The number of carbonyl (C=O) groups excluding carboxylic acids is 2. The van der Waals surface area contributed by atoms with Crippen LogP contribution in [0.4, 0.5) is 11.4 Å². The van der Waals surface area contributed by atoms with Crippen LogP contribution in [0.5, 0.6) is 0 Å². The number of anilines is 2. The van der Waals surface area contributed by atoms with Crippen LogP contribution >= 0.6 is 39.1 Å². The molecule has 130 valence electrons. The molecule has 1 atom stereocenters. The van der Waals surface area contributed by atoms with E-state index in [9.17, 15) is 9.59 Å². The Morgan fingerprint density at radius 1 is 1.28 bits per heavy atom. The van der Waals surface area contributed by atoms with E-state index in [0.29, 0.717) is 21.4 Å². The van der Waals surface area contributed by atoms with Crippen LogP contribution in [-0.4, -0.2) is 18.4 Å². The van der Waals surface area contributed by atoms with Crippen molar-refractivity contribution in [2.75, 3.05) is 16.8 Å². The number of rotatable bonds is 3. The highest BCUT2D eigenvalue weighted by atomic mass is 79.9. The first kappa shape index (κ1) is 18.2. The number of hydrogen-bond donors (Lipinski definition) is 1. The maximum Gasteiger partial charge on any atom is 0.229 e. The van der Waals surface area contributed by atoms with Crippen LogP contribution in [0.3, 0.4) is 0 Å². The normalized spacial score (nSPS) is 17.0. The number of nitrogens with one attached hydrogen (secondary N) is 1. The Balaban J connectivity index is 1.74. The molecule has 0 spiro atoms. The lowest BCUT2D eigenvalue weighted by atomic mass is 10.1. The molecule has 4 nitrogen and oxygen atoms in total. The Hall–Kier alpha value is -1.56. The molecule has 2 aromatic carbocycles. The van der Waals surface area contributed by atoms with Gasteiger partial charge in [-0.1, -0.05) is 45.2 Å². The van der Waals surface area contributed by atoms with Crippen molar-refractivity contribution in [3.63, 3.8) is 0 Å². The summed E-state index contributed by atoms with van der Waals surface area (Å²) in [7, 11) is 0. The Kier molecular flexibility index (Phi) is 5.37. The first-order valence-electron chi connectivity index (χ1n) is 7.68. The summed E-state index contributed by atoms with van der Waals surface area (Å²) in [4.78, 5) is 26.4. The summed E-state index contributed by atoms with van der Waals surface area (Å²) in [6, 6.07) is 10.7. The Morgan fingerprint density at radius 3 is 2.76 bits per heavy atom. The smallest absolute Gasteiger partial charge is 0.229 e. The number of benzene rings is 2. The van der Waals surface area contributed by atoms with E-state index >= 15 is 0 Å². The van der Waals surface area contributed by atoms with E-state index in [4.69, 9.17) is 23.2 Å². The van der Waals surface area contributed by atoms with Crippen LogP contribution in [0.2, 0.25) is 10.0 Å². The topological polar surface area (TPSA) is 49.4 Å². The third kappa shape index (κ3) is 3.84. The molecule has 1 aliphatic rings. The summed E-state index contributed by atoms with van der Waals surface area (Å²) >= 11 is 15.6. The molecular weight excluding hydrogens is 427 g/mol. The summed E-state index contributed by atoms with van der Waals surface area (Å²) in [5.41, 5.74) is 2.26. The van der Waals surface area contributed by atoms with Crippen LogP contribution in [0.25, 0.3) is 0 Å². The third-order valence-corrected chi connectivity index (χ3v) is 5.84. The zero-order valence-electron chi connectivity index (χ0n) is 13.4. The Labute approximate surface area is 164 Å². The van der Waals surface area contributed by atoms with E-state index in [1.165, 1.54) is 4.90 Å². The summed E-state index contributed by atoms with van der Waals surface area (Å²) in [5, 5.41) is 3.57. The van der Waals surface area contributed by atoms with Gasteiger partial charge >= 0.3 is 0 Å². The van der Waals surface area contributed by atoms with Gasteiger partial charge in [0.2, 0.25) is 11.8 Å². The van der Waals surface area contributed by atoms with Crippen molar-refractivity contribution in [3.05, 3.63) is 56.5 Å². The highest BCUT2D eigenvalue weighted by Crippen LogP contribution is 2.36. The van der Waals surface area contributed by atoms with Crippen molar-refractivity contribution in [1.82, 2.24) is 0 Å². The van der Waals surface area contributed by atoms with E-state index in [-0.39, 0.29) is 24.8 Å². The number of aryl methyl sites for hydroxylation is 1. The molecule has 1 saturated heterocycles. The van der Waals surface area contributed by atoms with Crippen molar-refractivity contribution in [2.24, 2.45) is 5.92 Å². The number of hydrogen-bond acceptors (Lipinski definition) is 2. The SMILES string of the molecule is Cc1cc(NC(=O)[C@@H]2CC(=O)N(c3cccc(Cl)c3Cl)C2)ccc1Br. The molecule has 1 fully saturated rings. The van der Waals surface area contributed by atoms with Crippen LogP contribution in [0, 0.1) is 12.8 Å². The molecule has 2 amide bonds. The minimum absolute atomic E-state index is 0.142. The largest absolute Gasteiger partial charge is 0.326 e. The summed E-state index contributed by atoms with van der Waals surface area (Å²) < 4.78 is 0.975. The van der Waals surface area contributed by atoms with E-state index in [2.05, 4.69) is 21.2 Å². The van der Waals surface area contributed by atoms with Crippen molar-refractivity contribution in [1.29, 1.82) is 0 Å². The van der Waals surface area contributed by atoms with Crippen LogP contribution < -0.4 is 10.2 Å². The van der Waals surface area contributed by atoms with Gasteiger partial charge in [-0.2, -0.15) is 0 Å². The first-order chi connectivity index (χ1) is 11.9. The molecule has 0 aromatic heterocycles. The van der Waals surface area contributed by atoms with E-state index in [1.807, 2.05) is 25.1 Å². The number of carbonyl (C=O) groups is 2. The second kappa shape index (κ2) is 7.36. The minimum Gasteiger partial charge on any atom is -0.326 e. The summed E-state index contributed by atoms with van der Waals surface area (Å²) in [5.74, 6) is -0.765. The predicted octanol–water partition coefficient (Wildman–Crippen LogP) is 5.06. The van der Waals surface area contributed by atoms with Gasteiger partial charge in [-0.15, -0.1) is 0 Å². The van der Waals surface area contributed by atoms with Gasteiger partial charge in [0, 0.05) is 23.1 Å². The lowest BCUT2D eigenvalue weighted by molar-refractivity contribution is -0.122. The molecule has 1 heterocycles. The van der Waals surface area contributed by atoms with Gasteiger partial charge in [-0.05, 0) is 42.8 Å². The Morgan fingerprint density at radius 2 is 2.04 bits per heavy atom. The number of nitrogens with zero attached hydrogens (tertiary/aromatic N) is 1. The fourth-order valence-corrected chi connectivity index (χ4v) is 3.43. The van der Waals surface area contributed by atoms with Gasteiger partial charge in [-0.3, -0.25) is 9.59 Å². The van der Waals surface area contributed by atoms with Gasteiger partial charge in [0.25, 0.3) is 0 Å².